The van der Waals surface area contributed by atoms with Crippen molar-refractivity contribution >= 4 is 16.0 Å². The second-order valence-corrected chi connectivity index (χ2v) is 14.8. The van der Waals surface area contributed by atoms with Crippen LogP contribution in [0.25, 0.3) is 16.9 Å². The number of hydrogen-bond acceptors (Lipinski definition) is 11. The molecule has 8 rings (SSSR count). The maximum atomic E-state index is 13.1. The second-order valence-electron chi connectivity index (χ2n) is 13.3. The third-order valence-corrected chi connectivity index (χ3v) is 10.9. The largest absolute Gasteiger partial charge is 0.493 e. The molecule has 5 aromatic rings. The number of esters is 1. The van der Waals surface area contributed by atoms with E-state index >= 15 is 0 Å². The van der Waals surface area contributed by atoms with Gasteiger partial charge < -0.3 is 33.5 Å². The van der Waals surface area contributed by atoms with Gasteiger partial charge in [0.05, 0.1) is 56.2 Å². The molecule has 294 valence electrons. The highest BCUT2D eigenvalue weighted by molar-refractivity contribution is 7.89. The molecule has 1 fully saturated rings. The lowest BCUT2D eigenvalue weighted by Crippen LogP contribution is -2.34. The summed E-state index contributed by atoms with van der Waals surface area (Å²) in [4.78, 5) is 12.6. The van der Waals surface area contributed by atoms with Crippen molar-refractivity contribution in [2.24, 2.45) is 17.0 Å². The van der Waals surface area contributed by atoms with Gasteiger partial charge in [-0.15, -0.1) is 0 Å². The molecule has 4 atom stereocenters. The van der Waals surface area contributed by atoms with Gasteiger partial charge in [-0.2, -0.15) is 18.3 Å². The quantitative estimate of drug-likeness (QED) is 0.188. The van der Waals surface area contributed by atoms with Crippen LogP contribution in [-0.2, 0) is 25.7 Å². The third kappa shape index (κ3) is 7.08. The number of ether oxygens (including phenoxy) is 6. The van der Waals surface area contributed by atoms with E-state index in [1.165, 1.54) is 31.4 Å². The van der Waals surface area contributed by atoms with Crippen LogP contribution in [0.15, 0.2) is 83.8 Å². The van der Waals surface area contributed by atoms with Gasteiger partial charge >= 0.3 is 12.1 Å². The standard InChI is InChI=1S/C22H22O8.C17H14F3N3O2S/c1-25-16-4-10(5-17(26-2)21(16)27-3)18-11-6-14-15(30-9-29-14)7-12(11)20(23)13-8-28-22(24)19(13)18;1-11-2-4-12(5-3-11)15-10-16(17(18,19)20)22-23(15)13-6-8-14(9-7-13)26(21,24)25/h4-7,13,18-20,23H,8-9H2,1-3H3;2-10H,1H3,(H2,21,24,25)/t13-,18+,19-,20-;/m0./s1. The highest BCUT2D eigenvalue weighted by Crippen LogP contribution is 2.55. The van der Waals surface area contributed by atoms with Crippen molar-refractivity contribution in [1.82, 2.24) is 9.78 Å². The van der Waals surface area contributed by atoms with Crippen molar-refractivity contribution < 1.29 is 59.9 Å². The fourth-order valence-corrected chi connectivity index (χ4v) is 7.75. The fraction of sp³-hybridized carbons (Fsp3) is 0.282. The van der Waals surface area contributed by atoms with Crippen LogP contribution in [0.2, 0.25) is 0 Å². The number of fused-ring (bicyclic) bond motifs is 3. The van der Waals surface area contributed by atoms with Crippen LogP contribution in [0.3, 0.4) is 0 Å². The summed E-state index contributed by atoms with van der Waals surface area (Å²) in [5.41, 5.74) is 3.29. The van der Waals surface area contributed by atoms with E-state index in [0.717, 1.165) is 27.4 Å². The molecule has 1 aliphatic carbocycles. The fourth-order valence-electron chi connectivity index (χ4n) is 7.24. The van der Waals surface area contributed by atoms with Gasteiger partial charge in [0.25, 0.3) is 0 Å². The smallest absolute Gasteiger partial charge is 0.435 e. The second kappa shape index (κ2) is 14.7. The summed E-state index contributed by atoms with van der Waals surface area (Å²) >= 11 is 0. The van der Waals surface area contributed by atoms with Crippen LogP contribution in [0.4, 0.5) is 13.2 Å². The normalized spacial score (nSPS) is 19.6. The molecule has 2 aliphatic heterocycles. The number of rotatable bonds is 7. The number of primary sulfonamides is 1. The summed E-state index contributed by atoms with van der Waals surface area (Å²) in [7, 11) is 0.734. The van der Waals surface area contributed by atoms with Crippen molar-refractivity contribution in [2.45, 2.75) is 30.0 Å². The molecule has 0 spiro atoms. The van der Waals surface area contributed by atoms with Gasteiger partial charge in [-0.25, -0.2) is 18.2 Å². The molecule has 1 aromatic heterocycles. The molecule has 1 saturated heterocycles. The van der Waals surface area contributed by atoms with E-state index in [2.05, 4.69) is 5.10 Å². The van der Waals surface area contributed by atoms with Crippen molar-refractivity contribution in [2.75, 3.05) is 34.7 Å². The van der Waals surface area contributed by atoms with E-state index in [1.807, 2.05) is 25.1 Å². The molecule has 13 nitrogen and oxygen atoms in total. The Morgan fingerprint density at radius 1 is 0.857 bits per heavy atom. The van der Waals surface area contributed by atoms with Gasteiger partial charge in [0.15, 0.2) is 28.7 Å². The first kappa shape index (κ1) is 38.5. The Balaban J connectivity index is 0.000000174. The van der Waals surface area contributed by atoms with Gasteiger partial charge in [0.1, 0.15) is 0 Å². The van der Waals surface area contributed by atoms with E-state index in [9.17, 15) is 31.5 Å². The Morgan fingerprint density at radius 3 is 2.02 bits per heavy atom. The number of hydrogen-bond donors (Lipinski definition) is 2. The molecule has 3 heterocycles. The Hall–Kier alpha value is -5.78. The highest BCUT2D eigenvalue weighted by atomic mass is 32.2. The molecule has 0 amide bonds. The molecular formula is C39H36F3N3O10S. The van der Waals surface area contributed by atoms with Gasteiger partial charge in [-0.3, -0.25) is 4.79 Å². The molecule has 4 aromatic carbocycles. The Kier molecular flexibility index (Phi) is 10.1. The van der Waals surface area contributed by atoms with Gasteiger partial charge in [0.2, 0.25) is 22.6 Å². The lowest BCUT2D eigenvalue weighted by Gasteiger charge is -2.37. The van der Waals surface area contributed by atoms with Gasteiger partial charge in [-0.1, -0.05) is 29.8 Å². The minimum Gasteiger partial charge on any atom is -0.493 e. The monoisotopic (exact) mass is 795 g/mol. The first-order valence-corrected chi connectivity index (χ1v) is 18.6. The molecule has 0 radical (unpaired) electrons. The zero-order valence-corrected chi connectivity index (χ0v) is 31.2. The number of alkyl halides is 3. The number of cyclic esters (lactones) is 1. The number of carbonyl (C=O) groups excluding carboxylic acids is 1. The summed E-state index contributed by atoms with van der Waals surface area (Å²) in [5.74, 6) is 0.989. The number of sulfonamides is 1. The summed E-state index contributed by atoms with van der Waals surface area (Å²) in [5, 5.41) is 19.7. The molecule has 0 bridgehead atoms. The van der Waals surface area contributed by atoms with E-state index in [4.69, 9.17) is 33.6 Å². The minimum absolute atomic E-state index is 0.123. The number of aliphatic hydroxyl groups is 1. The van der Waals surface area contributed by atoms with Gasteiger partial charge in [0, 0.05) is 17.4 Å². The van der Waals surface area contributed by atoms with E-state index in [-0.39, 0.29) is 47.5 Å². The van der Waals surface area contributed by atoms with Crippen molar-refractivity contribution in [3.05, 3.63) is 107 Å². The highest BCUT2D eigenvalue weighted by Gasteiger charge is 2.52. The van der Waals surface area contributed by atoms with E-state index in [0.29, 0.717) is 39.9 Å². The molecular weight excluding hydrogens is 760 g/mol. The number of aromatic nitrogens is 2. The zero-order chi connectivity index (χ0) is 40.1. The predicted molar refractivity (Wildman–Crippen MR) is 194 cm³/mol. The average Bonchev–Trinajstić information content (AvgIpc) is 3.93. The summed E-state index contributed by atoms with van der Waals surface area (Å²) < 4.78 is 96.1. The number of aliphatic hydroxyl groups excluding tert-OH is 1. The Bertz CT molecular complexity index is 2380. The number of nitrogens with zero attached hydrogens (tertiary/aromatic N) is 2. The first-order valence-electron chi connectivity index (χ1n) is 17.1. The van der Waals surface area contributed by atoms with Crippen molar-refractivity contribution in [3.8, 4) is 45.7 Å². The number of halogens is 3. The number of carbonyl (C=O) groups is 1. The lowest BCUT2D eigenvalue weighted by molar-refractivity contribution is -0.142. The van der Waals surface area contributed by atoms with Crippen LogP contribution in [0.5, 0.6) is 28.7 Å². The molecule has 3 N–H and O–H groups in total. The maximum absolute atomic E-state index is 13.1. The molecule has 0 saturated carbocycles. The van der Waals surface area contributed by atoms with E-state index in [1.54, 1.807) is 44.6 Å². The number of nitrogens with two attached hydrogens (primary N) is 1. The number of aryl methyl sites for hydroxylation is 1. The van der Waals surface area contributed by atoms with E-state index < -0.39 is 33.9 Å². The number of benzene rings is 4. The van der Waals surface area contributed by atoms with Crippen LogP contribution < -0.4 is 28.8 Å². The lowest BCUT2D eigenvalue weighted by atomic mass is 9.66. The average molecular weight is 796 g/mol. The van der Waals surface area contributed by atoms with Crippen LogP contribution in [-0.4, -0.2) is 64.0 Å². The van der Waals surface area contributed by atoms with Crippen molar-refractivity contribution in [3.63, 3.8) is 0 Å². The maximum Gasteiger partial charge on any atom is 0.435 e. The minimum atomic E-state index is -4.61. The molecule has 17 heteroatoms. The Labute approximate surface area is 319 Å². The van der Waals surface area contributed by atoms with Gasteiger partial charge in [-0.05, 0) is 78.2 Å². The summed E-state index contributed by atoms with van der Waals surface area (Å²) in [6.07, 6.45) is -5.45. The van der Waals surface area contributed by atoms with Crippen LogP contribution >= 0.6 is 0 Å². The first-order chi connectivity index (χ1) is 26.6. The molecule has 3 aliphatic rings. The third-order valence-electron chi connectivity index (χ3n) is 9.95. The van der Waals surface area contributed by atoms with Crippen molar-refractivity contribution in [1.29, 1.82) is 0 Å². The Morgan fingerprint density at radius 2 is 1.46 bits per heavy atom. The SMILES string of the molecule is COc1cc([C@@H]2c3cc4c(cc3[C@H](O)[C@H]3COC(=O)[C@H]23)OCO4)cc(OC)c1OC.Cc1ccc(-c2cc(C(F)(F)F)nn2-c2ccc(S(N)(=O)=O)cc2)cc1. The predicted octanol–water partition coefficient (Wildman–Crippen LogP) is 5.92. The topological polar surface area (TPSA) is 171 Å². The summed E-state index contributed by atoms with van der Waals surface area (Å²) in [6.45, 7) is 2.16. The zero-order valence-electron chi connectivity index (χ0n) is 30.4. The van der Waals surface area contributed by atoms with Crippen LogP contribution in [0, 0.1) is 18.8 Å². The molecule has 0 unspecified atom stereocenters. The number of methoxy groups -OCH3 is 3. The molecule has 56 heavy (non-hydrogen) atoms. The summed E-state index contributed by atoms with van der Waals surface area (Å²) in [6, 6.07) is 20.4. The van der Waals surface area contributed by atoms with Crippen LogP contribution in [0.1, 0.15) is 40.0 Å².